The quantitative estimate of drug-likeness (QED) is 0.122. The second-order valence-electron chi connectivity index (χ2n) is 13.9. The van der Waals surface area contributed by atoms with Crippen LogP contribution in [0.15, 0.2) is 95.2 Å². The number of hydrogen-bond acceptors (Lipinski definition) is 11. The summed E-state index contributed by atoms with van der Waals surface area (Å²) in [4.78, 5) is 52.2. The van der Waals surface area contributed by atoms with E-state index in [1.807, 2.05) is 55.0 Å². The van der Waals surface area contributed by atoms with E-state index >= 15 is 0 Å². The van der Waals surface area contributed by atoms with Gasteiger partial charge in [0.2, 0.25) is 0 Å². The molecule has 4 aliphatic heterocycles. The minimum Gasteiger partial charge on any atom is -0.493 e. The monoisotopic (exact) mass is 767 g/mol. The van der Waals surface area contributed by atoms with E-state index < -0.39 is 5.97 Å². The van der Waals surface area contributed by atoms with Crippen molar-refractivity contribution in [1.29, 1.82) is 0 Å². The zero-order valence-corrected chi connectivity index (χ0v) is 31.8. The summed E-state index contributed by atoms with van der Waals surface area (Å²) in [7, 11) is 4.40. The Kier molecular flexibility index (Phi) is 10.3. The van der Waals surface area contributed by atoms with Crippen molar-refractivity contribution in [2.24, 2.45) is 15.7 Å². The highest BCUT2D eigenvalue weighted by Crippen LogP contribution is 2.42. The smallest absolute Gasteiger partial charge is 0.337 e. The Hall–Kier alpha value is -6.73. The summed E-state index contributed by atoms with van der Waals surface area (Å²) in [5.41, 5.74) is 13.0. The van der Waals surface area contributed by atoms with Crippen LogP contribution in [-0.4, -0.2) is 86.6 Å². The van der Waals surface area contributed by atoms with Crippen LogP contribution in [0.3, 0.4) is 0 Å². The van der Waals surface area contributed by atoms with Gasteiger partial charge in [0, 0.05) is 62.8 Å². The van der Waals surface area contributed by atoms with Gasteiger partial charge in [0.05, 0.1) is 74.7 Å². The molecule has 13 heteroatoms. The third-order valence-corrected chi connectivity index (χ3v) is 10.5. The molecule has 290 valence electrons. The van der Waals surface area contributed by atoms with E-state index in [9.17, 15) is 14.4 Å². The molecule has 4 aromatic carbocycles. The van der Waals surface area contributed by atoms with Crippen LogP contribution in [0.4, 0.5) is 11.4 Å². The number of benzene rings is 4. The highest BCUT2D eigenvalue weighted by molar-refractivity contribution is 6.06. The van der Waals surface area contributed by atoms with Crippen LogP contribution < -0.4 is 24.7 Å². The van der Waals surface area contributed by atoms with Crippen molar-refractivity contribution >= 4 is 52.7 Å². The van der Waals surface area contributed by atoms with Crippen LogP contribution in [-0.2, 0) is 11.3 Å². The van der Waals surface area contributed by atoms with Crippen molar-refractivity contribution in [3.8, 4) is 23.0 Å². The fourth-order valence-electron chi connectivity index (χ4n) is 7.36. The van der Waals surface area contributed by atoms with Crippen molar-refractivity contribution in [2.75, 3.05) is 34.5 Å². The number of nitrogens with two attached hydrogens (primary N) is 1. The van der Waals surface area contributed by atoms with Gasteiger partial charge in [0.1, 0.15) is 0 Å². The lowest BCUT2D eigenvalue weighted by atomic mass is 10.0. The van der Waals surface area contributed by atoms with Gasteiger partial charge >= 0.3 is 5.97 Å². The molecule has 0 radical (unpaired) electrons. The number of amides is 2. The van der Waals surface area contributed by atoms with Gasteiger partial charge in [0.25, 0.3) is 11.8 Å². The minimum atomic E-state index is -0.406. The van der Waals surface area contributed by atoms with Crippen molar-refractivity contribution in [3.05, 3.63) is 119 Å². The molecule has 2 amide bonds. The molecule has 4 heterocycles. The molecule has 0 saturated heterocycles. The van der Waals surface area contributed by atoms with E-state index in [2.05, 4.69) is 4.99 Å². The van der Waals surface area contributed by atoms with Gasteiger partial charge in [-0.15, -0.1) is 0 Å². The average molecular weight is 768 g/mol. The molecule has 2 N–H and O–H groups in total. The average Bonchev–Trinajstić information content (AvgIpc) is 3.83. The van der Waals surface area contributed by atoms with Gasteiger partial charge in [-0.3, -0.25) is 19.6 Å². The molecule has 8 rings (SSSR count). The lowest BCUT2D eigenvalue weighted by Crippen LogP contribution is -2.32. The molecule has 2 atom stereocenters. The summed E-state index contributed by atoms with van der Waals surface area (Å²) in [6.07, 6.45) is 9.04. The molecular weight excluding hydrogens is 727 g/mol. The zero-order valence-electron chi connectivity index (χ0n) is 31.8. The number of hydrogen-bond donors (Lipinski definition) is 1. The van der Waals surface area contributed by atoms with Crippen molar-refractivity contribution < 1.29 is 38.1 Å². The second-order valence-corrected chi connectivity index (χ2v) is 13.9. The molecule has 0 spiro atoms. The van der Waals surface area contributed by atoms with E-state index in [4.69, 9.17) is 34.4 Å². The van der Waals surface area contributed by atoms with Crippen LogP contribution in [0.25, 0.3) is 11.1 Å². The van der Waals surface area contributed by atoms with Crippen molar-refractivity contribution in [3.63, 3.8) is 0 Å². The number of ether oxygens (including phenoxy) is 5. The van der Waals surface area contributed by atoms with Crippen molar-refractivity contribution in [2.45, 2.75) is 37.9 Å². The van der Waals surface area contributed by atoms with Crippen LogP contribution in [0.1, 0.15) is 67.0 Å². The summed E-state index contributed by atoms with van der Waals surface area (Å²) in [6, 6.07) is 21.5. The van der Waals surface area contributed by atoms with Crippen LogP contribution in [0, 0.1) is 0 Å². The number of esters is 1. The number of carbonyl (C=O) groups excluding carboxylic acids is 3. The van der Waals surface area contributed by atoms with Gasteiger partial charge in [-0.1, -0.05) is 36.4 Å². The van der Waals surface area contributed by atoms with Gasteiger partial charge in [0.15, 0.2) is 23.0 Å². The summed E-state index contributed by atoms with van der Waals surface area (Å²) in [5, 5.41) is 0. The molecule has 13 nitrogen and oxygen atoms in total. The van der Waals surface area contributed by atoms with E-state index in [0.29, 0.717) is 76.9 Å². The molecule has 0 bridgehead atoms. The molecule has 0 saturated carbocycles. The Bertz CT molecular complexity index is 2370. The molecule has 0 aliphatic carbocycles. The predicted octanol–water partition coefficient (Wildman–Crippen LogP) is 6.74. The van der Waals surface area contributed by atoms with Gasteiger partial charge in [-0.05, 0) is 52.1 Å². The molecule has 4 aromatic rings. The topological polar surface area (TPSA) is 155 Å². The minimum absolute atomic E-state index is 0.161. The number of nitrogens with zero attached hydrogens (tertiary/aromatic N) is 4. The number of aliphatic imine (C=N–C) groups is 2. The number of carbonyl (C=O) groups is 3. The molecule has 0 fully saturated rings. The Balaban J connectivity index is 0.901. The van der Waals surface area contributed by atoms with Crippen LogP contribution in [0.5, 0.6) is 23.0 Å². The first-order valence-electron chi connectivity index (χ1n) is 18.6. The molecule has 2 unspecified atom stereocenters. The third kappa shape index (κ3) is 7.25. The van der Waals surface area contributed by atoms with E-state index in [1.54, 1.807) is 52.4 Å². The molecule has 57 heavy (non-hydrogen) atoms. The van der Waals surface area contributed by atoms with Crippen molar-refractivity contribution in [1.82, 2.24) is 9.80 Å². The number of rotatable bonds is 12. The molecular formula is C44H41N5O8. The summed E-state index contributed by atoms with van der Waals surface area (Å²) in [6.45, 7) is 1.05. The Morgan fingerprint density at radius 2 is 1.16 bits per heavy atom. The first kappa shape index (κ1) is 37.2. The zero-order chi connectivity index (χ0) is 39.6. The molecule has 4 aliphatic rings. The first-order chi connectivity index (χ1) is 27.8. The SMILES string of the molecule is COC(=O)c1ccc(C2=CN3C(=O)c4cc(OC)c(OCCCOc5cc6c(cc5OC)C(=O)N5C=C(c7ccc(CN)cc7)CC5C=N6)cc4N=CC3C2)cc1. The summed E-state index contributed by atoms with van der Waals surface area (Å²) in [5.74, 6) is 0.967. The highest BCUT2D eigenvalue weighted by Gasteiger charge is 2.35. The maximum atomic E-state index is 13.8. The first-order valence-corrected chi connectivity index (χ1v) is 18.6. The Morgan fingerprint density at radius 3 is 1.60 bits per heavy atom. The third-order valence-electron chi connectivity index (χ3n) is 10.5. The summed E-state index contributed by atoms with van der Waals surface area (Å²) < 4.78 is 28.3. The number of fused-ring (bicyclic) bond motifs is 4. The van der Waals surface area contributed by atoms with Crippen LogP contribution >= 0.6 is 0 Å². The normalized spacial score (nSPS) is 17.8. The fraction of sp³-hybridized carbons (Fsp3) is 0.250. The Labute approximate surface area is 329 Å². The second kappa shape index (κ2) is 15.8. The van der Waals surface area contributed by atoms with E-state index in [-0.39, 0.29) is 37.1 Å². The predicted molar refractivity (Wildman–Crippen MR) is 215 cm³/mol. The largest absolute Gasteiger partial charge is 0.493 e. The van der Waals surface area contributed by atoms with E-state index in [1.165, 1.54) is 21.3 Å². The van der Waals surface area contributed by atoms with Gasteiger partial charge in [-0.2, -0.15) is 0 Å². The fourth-order valence-corrected chi connectivity index (χ4v) is 7.36. The molecule has 0 aromatic heterocycles. The lowest BCUT2D eigenvalue weighted by molar-refractivity contribution is 0.0600. The van der Waals surface area contributed by atoms with Crippen LogP contribution in [0.2, 0.25) is 0 Å². The van der Waals surface area contributed by atoms with Gasteiger partial charge < -0.3 is 39.2 Å². The lowest BCUT2D eigenvalue weighted by Gasteiger charge is -2.19. The highest BCUT2D eigenvalue weighted by atomic mass is 16.5. The number of methoxy groups -OCH3 is 3. The van der Waals surface area contributed by atoms with Gasteiger partial charge in [-0.25, -0.2) is 4.79 Å². The standard InChI is InChI=1S/C44H41N5O8/c1-53-38-17-34-36(46-22-32-15-30(24-48(32)42(34)50)27-7-5-26(21-45)6-8-27)19-40(38)56-13-4-14-57-41-20-37-35(18-39(41)54-2)43(51)49-25-31(16-33(49)23-47-37)28-9-11-29(12-10-28)44(52)55-3/h5-12,17-20,22-25,32-33H,4,13-16,21,45H2,1-3H3. The van der Waals surface area contributed by atoms with E-state index in [0.717, 1.165) is 27.8 Å². The summed E-state index contributed by atoms with van der Waals surface area (Å²) >= 11 is 0. The maximum absolute atomic E-state index is 13.8. The maximum Gasteiger partial charge on any atom is 0.337 e. The Morgan fingerprint density at radius 1 is 0.684 bits per heavy atom.